The lowest BCUT2D eigenvalue weighted by Gasteiger charge is -2.13. The number of ether oxygens (including phenoxy) is 1. The number of halogens is 3. The number of nitrogens with zero attached hydrogens (tertiary/aromatic N) is 1. The summed E-state index contributed by atoms with van der Waals surface area (Å²) in [4.78, 5) is 3.17. The zero-order valence-corrected chi connectivity index (χ0v) is 15.2. The van der Waals surface area contributed by atoms with E-state index in [1.165, 1.54) is 17.4 Å². The number of benzene rings is 2. The van der Waals surface area contributed by atoms with Crippen molar-refractivity contribution in [1.82, 2.24) is 9.71 Å². The van der Waals surface area contributed by atoms with Gasteiger partial charge in [-0.3, -0.25) is 0 Å². The van der Waals surface area contributed by atoms with Crippen LogP contribution < -0.4 is 9.46 Å². The van der Waals surface area contributed by atoms with E-state index in [0.717, 1.165) is 18.2 Å². The van der Waals surface area contributed by atoms with Crippen LogP contribution in [0.5, 0.6) is 10.9 Å². The van der Waals surface area contributed by atoms with Gasteiger partial charge in [0, 0.05) is 18.1 Å². The minimum absolute atomic E-state index is 0.161. The molecule has 0 aliphatic rings. The van der Waals surface area contributed by atoms with Gasteiger partial charge in [-0.15, -0.1) is 0 Å². The summed E-state index contributed by atoms with van der Waals surface area (Å²) in [7, 11) is -4.33. The second kappa shape index (κ2) is 7.67. The molecule has 0 aliphatic heterocycles. The Kier molecular flexibility index (Phi) is 5.49. The standard InChI is InChI=1S/C17H13F3N2O3S2/c18-17(19,20)14-3-1-2-4-15(14)27(23,24)22-11-12-5-7-13(8-6-12)25-16-21-9-10-26-16/h1-10,22H,11H2. The predicted molar refractivity (Wildman–Crippen MR) is 94.1 cm³/mol. The molecule has 3 rings (SSSR count). The number of alkyl halides is 3. The lowest BCUT2D eigenvalue weighted by Crippen LogP contribution is -2.26. The Morgan fingerprint density at radius 3 is 2.41 bits per heavy atom. The van der Waals surface area contributed by atoms with E-state index in [4.69, 9.17) is 4.74 Å². The molecule has 0 saturated heterocycles. The van der Waals surface area contributed by atoms with Crippen LogP contribution >= 0.6 is 11.3 Å². The Labute approximate surface area is 157 Å². The number of hydrogen-bond acceptors (Lipinski definition) is 5. The molecule has 0 radical (unpaired) electrons. The molecule has 10 heteroatoms. The highest BCUT2D eigenvalue weighted by atomic mass is 32.2. The molecule has 0 spiro atoms. The van der Waals surface area contributed by atoms with Crippen molar-refractivity contribution in [2.24, 2.45) is 0 Å². The van der Waals surface area contributed by atoms with Crippen LogP contribution in [0.2, 0.25) is 0 Å². The fraction of sp³-hybridized carbons (Fsp3) is 0.118. The maximum atomic E-state index is 13.0. The highest BCUT2D eigenvalue weighted by Gasteiger charge is 2.36. The van der Waals surface area contributed by atoms with Crippen molar-refractivity contribution in [3.63, 3.8) is 0 Å². The monoisotopic (exact) mass is 414 g/mol. The van der Waals surface area contributed by atoms with E-state index in [-0.39, 0.29) is 6.54 Å². The maximum absolute atomic E-state index is 13.0. The summed E-state index contributed by atoms with van der Waals surface area (Å²) < 4.78 is 71.4. The van der Waals surface area contributed by atoms with Crippen LogP contribution in [0.4, 0.5) is 13.2 Å². The summed E-state index contributed by atoms with van der Waals surface area (Å²) in [6.07, 6.45) is -3.16. The fourth-order valence-electron chi connectivity index (χ4n) is 2.23. The largest absolute Gasteiger partial charge is 0.431 e. The zero-order chi connectivity index (χ0) is 19.5. The molecule has 1 N–H and O–H groups in total. The molecule has 0 bridgehead atoms. The Morgan fingerprint density at radius 2 is 1.78 bits per heavy atom. The molecule has 0 unspecified atom stereocenters. The maximum Gasteiger partial charge on any atom is 0.417 e. The van der Waals surface area contributed by atoms with Crippen molar-refractivity contribution in [3.05, 3.63) is 71.2 Å². The van der Waals surface area contributed by atoms with Crippen LogP contribution in [0.1, 0.15) is 11.1 Å². The molecule has 3 aromatic rings. The number of sulfonamides is 1. The van der Waals surface area contributed by atoms with Crippen molar-refractivity contribution in [1.29, 1.82) is 0 Å². The topological polar surface area (TPSA) is 68.3 Å². The molecule has 0 saturated carbocycles. The third-order valence-electron chi connectivity index (χ3n) is 3.49. The fourth-order valence-corrected chi connectivity index (χ4v) is 3.98. The third-order valence-corrected chi connectivity index (χ3v) is 5.59. The molecule has 0 fully saturated rings. The second-order valence-electron chi connectivity index (χ2n) is 5.36. The zero-order valence-electron chi connectivity index (χ0n) is 13.6. The first kappa shape index (κ1) is 19.3. The lowest BCUT2D eigenvalue weighted by atomic mass is 10.2. The molecule has 142 valence electrons. The van der Waals surface area contributed by atoms with E-state index >= 15 is 0 Å². The number of hydrogen-bond donors (Lipinski definition) is 1. The summed E-state index contributed by atoms with van der Waals surface area (Å²) in [6.45, 7) is -0.161. The van der Waals surface area contributed by atoms with E-state index in [1.807, 2.05) is 0 Å². The van der Waals surface area contributed by atoms with Crippen molar-refractivity contribution >= 4 is 21.4 Å². The van der Waals surface area contributed by atoms with Gasteiger partial charge in [-0.1, -0.05) is 35.6 Å². The lowest BCUT2D eigenvalue weighted by molar-refractivity contribution is -0.139. The van der Waals surface area contributed by atoms with Gasteiger partial charge in [-0.05, 0) is 29.8 Å². The van der Waals surface area contributed by atoms with Gasteiger partial charge in [0.15, 0.2) is 0 Å². The van der Waals surface area contributed by atoms with E-state index in [9.17, 15) is 21.6 Å². The quantitative estimate of drug-likeness (QED) is 0.648. The molecule has 2 aromatic carbocycles. The van der Waals surface area contributed by atoms with Gasteiger partial charge < -0.3 is 4.74 Å². The summed E-state index contributed by atoms with van der Waals surface area (Å²) >= 11 is 1.32. The summed E-state index contributed by atoms with van der Waals surface area (Å²) in [5.41, 5.74) is -0.640. The van der Waals surface area contributed by atoms with Crippen molar-refractivity contribution in [3.8, 4) is 10.9 Å². The smallest absolute Gasteiger partial charge is 0.417 e. The minimum Gasteiger partial charge on any atom is -0.431 e. The number of rotatable bonds is 6. The summed E-state index contributed by atoms with van der Waals surface area (Å²) in [5, 5.41) is 2.23. The first-order chi connectivity index (χ1) is 12.8. The highest BCUT2D eigenvalue weighted by Crippen LogP contribution is 2.34. The van der Waals surface area contributed by atoms with Gasteiger partial charge in [-0.2, -0.15) is 13.2 Å². The third kappa shape index (κ3) is 4.85. The van der Waals surface area contributed by atoms with Crippen molar-refractivity contribution in [2.75, 3.05) is 0 Å². The average molecular weight is 414 g/mol. The second-order valence-corrected chi connectivity index (χ2v) is 7.95. The first-order valence-corrected chi connectivity index (χ1v) is 9.94. The molecule has 1 aromatic heterocycles. The van der Waals surface area contributed by atoms with Crippen molar-refractivity contribution in [2.45, 2.75) is 17.6 Å². The number of aromatic nitrogens is 1. The van der Waals surface area contributed by atoms with Gasteiger partial charge in [0.05, 0.1) is 10.5 Å². The Hall–Kier alpha value is -2.43. The van der Waals surface area contributed by atoms with Gasteiger partial charge in [-0.25, -0.2) is 18.1 Å². The molecule has 1 heterocycles. The predicted octanol–water partition coefficient (Wildman–Crippen LogP) is 4.43. The molecular formula is C17H13F3N2O3S2. The van der Waals surface area contributed by atoms with Gasteiger partial charge >= 0.3 is 6.18 Å². The van der Waals surface area contributed by atoms with Crippen LogP contribution in [0.25, 0.3) is 0 Å². The van der Waals surface area contributed by atoms with E-state index in [1.54, 1.807) is 35.8 Å². The average Bonchev–Trinajstić information content (AvgIpc) is 3.13. The molecule has 27 heavy (non-hydrogen) atoms. The Balaban J connectivity index is 1.71. The molecule has 0 aliphatic carbocycles. The van der Waals surface area contributed by atoms with Crippen molar-refractivity contribution < 1.29 is 26.3 Å². The van der Waals surface area contributed by atoms with E-state index in [0.29, 0.717) is 16.5 Å². The van der Waals surface area contributed by atoms with Crippen LogP contribution in [-0.2, 0) is 22.7 Å². The normalized spacial score (nSPS) is 12.1. The van der Waals surface area contributed by atoms with Gasteiger partial charge in [0.1, 0.15) is 5.75 Å². The first-order valence-electron chi connectivity index (χ1n) is 7.58. The van der Waals surface area contributed by atoms with Crippen LogP contribution in [0, 0.1) is 0 Å². The minimum atomic E-state index is -4.76. The van der Waals surface area contributed by atoms with Gasteiger partial charge in [0.2, 0.25) is 10.0 Å². The molecular weight excluding hydrogens is 401 g/mol. The number of thiazole rings is 1. The number of nitrogens with one attached hydrogen (secondary N) is 1. The van der Waals surface area contributed by atoms with Crippen LogP contribution in [0.3, 0.4) is 0 Å². The Morgan fingerprint density at radius 1 is 1.07 bits per heavy atom. The van der Waals surface area contributed by atoms with E-state index < -0.39 is 26.7 Å². The summed E-state index contributed by atoms with van der Waals surface area (Å²) in [6, 6.07) is 10.5. The molecule has 0 atom stereocenters. The highest BCUT2D eigenvalue weighted by molar-refractivity contribution is 7.89. The van der Waals surface area contributed by atoms with E-state index in [2.05, 4.69) is 9.71 Å². The molecule has 5 nitrogen and oxygen atoms in total. The summed E-state index contributed by atoms with van der Waals surface area (Å²) in [5.74, 6) is 0.513. The van der Waals surface area contributed by atoms with Crippen LogP contribution in [0.15, 0.2) is 65.0 Å². The van der Waals surface area contributed by atoms with Crippen LogP contribution in [-0.4, -0.2) is 13.4 Å². The Bertz CT molecular complexity index is 1000. The van der Waals surface area contributed by atoms with Gasteiger partial charge in [0.25, 0.3) is 5.19 Å². The molecule has 0 amide bonds. The SMILES string of the molecule is O=S(=O)(NCc1ccc(Oc2nccs2)cc1)c1ccccc1C(F)(F)F.